The standard InChI is InChI=1S/C13H11BrClNO3/c1-7-10(13(17)18)5-9(19-7)6-16-12-3-2-8(15)4-11(12)14/h2-5,16H,6H2,1H3,(H,17,18). The average molecular weight is 345 g/mol. The number of rotatable bonds is 4. The zero-order chi connectivity index (χ0) is 14.0. The summed E-state index contributed by atoms with van der Waals surface area (Å²) in [7, 11) is 0. The molecule has 0 unspecified atom stereocenters. The van der Waals surface area contributed by atoms with Crippen LogP contribution in [0.2, 0.25) is 5.02 Å². The summed E-state index contributed by atoms with van der Waals surface area (Å²) in [6.45, 7) is 2.03. The normalized spacial score (nSPS) is 10.5. The molecule has 0 spiro atoms. The third-order valence-electron chi connectivity index (χ3n) is 2.58. The molecule has 0 atom stereocenters. The number of furan rings is 1. The van der Waals surface area contributed by atoms with Gasteiger partial charge in [0.1, 0.15) is 17.1 Å². The number of carboxylic acid groups (broad SMARTS) is 1. The van der Waals surface area contributed by atoms with E-state index in [1.807, 2.05) is 6.07 Å². The molecule has 2 aromatic rings. The molecule has 100 valence electrons. The topological polar surface area (TPSA) is 62.5 Å². The smallest absolute Gasteiger partial charge is 0.339 e. The van der Waals surface area contributed by atoms with Crippen molar-refractivity contribution in [3.05, 3.63) is 50.8 Å². The molecule has 1 aromatic heterocycles. The summed E-state index contributed by atoms with van der Waals surface area (Å²) in [5, 5.41) is 12.7. The quantitative estimate of drug-likeness (QED) is 0.867. The van der Waals surface area contributed by atoms with Gasteiger partial charge in [-0.1, -0.05) is 11.6 Å². The first-order valence-corrected chi connectivity index (χ1v) is 6.66. The molecule has 0 bridgehead atoms. The third kappa shape index (κ3) is 3.30. The summed E-state index contributed by atoms with van der Waals surface area (Å²) < 4.78 is 6.21. The highest BCUT2D eigenvalue weighted by atomic mass is 79.9. The largest absolute Gasteiger partial charge is 0.478 e. The molecular formula is C13H11BrClNO3. The van der Waals surface area contributed by atoms with Gasteiger partial charge in [0.05, 0.1) is 6.54 Å². The number of hydrogen-bond donors (Lipinski definition) is 2. The summed E-state index contributed by atoms with van der Waals surface area (Å²) >= 11 is 9.24. The van der Waals surface area contributed by atoms with Crippen molar-refractivity contribution in [2.45, 2.75) is 13.5 Å². The first-order chi connectivity index (χ1) is 8.97. The van der Waals surface area contributed by atoms with Crippen molar-refractivity contribution in [3.63, 3.8) is 0 Å². The molecular weight excluding hydrogens is 334 g/mol. The summed E-state index contributed by atoms with van der Waals surface area (Å²) in [5.41, 5.74) is 1.04. The van der Waals surface area contributed by atoms with Crippen LogP contribution < -0.4 is 5.32 Å². The third-order valence-corrected chi connectivity index (χ3v) is 3.47. The number of anilines is 1. The number of aromatic carboxylic acids is 1. The van der Waals surface area contributed by atoms with Gasteiger partial charge in [-0.2, -0.15) is 0 Å². The SMILES string of the molecule is Cc1oc(CNc2ccc(Cl)cc2Br)cc1C(=O)O. The van der Waals surface area contributed by atoms with Gasteiger partial charge in [0, 0.05) is 15.2 Å². The van der Waals surface area contributed by atoms with Crippen LogP contribution in [-0.4, -0.2) is 11.1 Å². The summed E-state index contributed by atoms with van der Waals surface area (Å²) in [4.78, 5) is 10.9. The fourth-order valence-corrected chi connectivity index (χ4v) is 2.48. The fourth-order valence-electron chi connectivity index (χ4n) is 1.66. The van der Waals surface area contributed by atoms with Crippen molar-refractivity contribution in [2.24, 2.45) is 0 Å². The maximum absolute atomic E-state index is 10.9. The van der Waals surface area contributed by atoms with Crippen LogP contribution in [0.25, 0.3) is 0 Å². The highest BCUT2D eigenvalue weighted by Gasteiger charge is 2.13. The second kappa shape index (κ2) is 5.67. The Morgan fingerprint density at radius 2 is 2.21 bits per heavy atom. The first-order valence-electron chi connectivity index (χ1n) is 5.49. The lowest BCUT2D eigenvalue weighted by molar-refractivity contribution is 0.0695. The maximum atomic E-state index is 10.9. The van der Waals surface area contributed by atoms with E-state index in [9.17, 15) is 4.79 Å². The van der Waals surface area contributed by atoms with E-state index in [2.05, 4.69) is 21.2 Å². The minimum Gasteiger partial charge on any atom is -0.478 e. The minimum absolute atomic E-state index is 0.187. The number of halogens is 2. The Bertz CT molecular complexity index is 624. The van der Waals surface area contributed by atoms with Crippen LogP contribution in [0.1, 0.15) is 21.9 Å². The van der Waals surface area contributed by atoms with Gasteiger partial charge in [0.25, 0.3) is 0 Å². The van der Waals surface area contributed by atoms with E-state index in [4.69, 9.17) is 21.1 Å². The Labute approximate surface area is 123 Å². The molecule has 1 heterocycles. The van der Waals surface area contributed by atoms with Crippen LogP contribution in [0.3, 0.4) is 0 Å². The molecule has 0 fully saturated rings. The molecule has 0 radical (unpaired) electrons. The molecule has 2 rings (SSSR count). The molecule has 0 aliphatic heterocycles. The van der Waals surface area contributed by atoms with Crippen LogP contribution >= 0.6 is 27.5 Å². The lowest BCUT2D eigenvalue weighted by atomic mass is 10.2. The van der Waals surface area contributed by atoms with E-state index in [0.717, 1.165) is 10.2 Å². The van der Waals surface area contributed by atoms with E-state index in [1.165, 1.54) is 6.07 Å². The van der Waals surface area contributed by atoms with Crippen LogP contribution in [0, 0.1) is 6.92 Å². The van der Waals surface area contributed by atoms with Crippen molar-refractivity contribution < 1.29 is 14.3 Å². The molecule has 1 aromatic carbocycles. The molecule has 4 nitrogen and oxygen atoms in total. The van der Waals surface area contributed by atoms with Gasteiger partial charge >= 0.3 is 5.97 Å². The summed E-state index contributed by atoms with van der Waals surface area (Å²) in [5.74, 6) is -0.0172. The molecule has 0 amide bonds. The van der Waals surface area contributed by atoms with Gasteiger partial charge in [-0.25, -0.2) is 4.79 Å². The molecule has 0 saturated heterocycles. The molecule has 2 N–H and O–H groups in total. The van der Waals surface area contributed by atoms with Crippen molar-refractivity contribution in [1.82, 2.24) is 0 Å². The maximum Gasteiger partial charge on any atom is 0.339 e. The lowest BCUT2D eigenvalue weighted by Crippen LogP contribution is -1.99. The van der Waals surface area contributed by atoms with E-state index < -0.39 is 5.97 Å². The zero-order valence-electron chi connectivity index (χ0n) is 10.0. The highest BCUT2D eigenvalue weighted by Crippen LogP contribution is 2.26. The van der Waals surface area contributed by atoms with Crippen molar-refractivity contribution >= 4 is 39.2 Å². The molecule has 19 heavy (non-hydrogen) atoms. The van der Waals surface area contributed by atoms with Crippen LogP contribution in [0.15, 0.2) is 33.2 Å². The summed E-state index contributed by atoms with van der Waals surface area (Å²) in [6, 6.07) is 6.90. The van der Waals surface area contributed by atoms with E-state index in [-0.39, 0.29) is 5.56 Å². The minimum atomic E-state index is -0.986. The van der Waals surface area contributed by atoms with Crippen molar-refractivity contribution in [1.29, 1.82) is 0 Å². The number of benzene rings is 1. The fraction of sp³-hybridized carbons (Fsp3) is 0.154. The van der Waals surface area contributed by atoms with E-state index in [1.54, 1.807) is 19.1 Å². The van der Waals surface area contributed by atoms with E-state index >= 15 is 0 Å². The van der Waals surface area contributed by atoms with Crippen LogP contribution in [0.4, 0.5) is 5.69 Å². The van der Waals surface area contributed by atoms with Crippen LogP contribution in [-0.2, 0) is 6.54 Å². The van der Waals surface area contributed by atoms with Crippen molar-refractivity contribution in [3.8, 4) is 0 Å². The second-order valence-electron chi connectivity index (χ2n) is 3.97. The van der Waals surface area contributed by atoms with Gasteiger partial charge in [0.15, 0.2) is 0 Å². The Balaban J connectivity index is 2.10. The lowest BCUT2D eigenvalue weighted by Gasteiger charge is -2.07. The molecule has 0 aliphatic carbocycles. The summed E-state index contributed by atoms with van der Waals surface area (Å²) in [6.07, 6.45) is 0. The van der Waals surface area contributed by atoms with Gasteiger partial charge in [0.2, 0.25) is 0 Å². The number of carbonyl (C=O) groups is 1. The Hall–Kier alpha value is -1.46. The second-order valence-corrected chi connectivity index (χ2v) is 5.26. The number of carboxylic acids is 1. The van der Waals surface area contributed by atoms with Gasteiger partial charge in [-0.3, -0.25) is 0 Å². The van der Waals surface area contributed by atoms with E-state index in [0.29, 0.717) is 23.1 Å². The number of aryl methyl sites for hydroxylation is 1. The van der Waals surface area contributed by atoms with Gasteiger partial charge in [-0.05, 0) is 47.1 Å². The van der Waals surface area contributed by atoms with Gasteiger partial charge < -0.3 is 14.8 Å². The number of nitrogens with one attached hydrogen (secondary N) is 1. The zero-order valence-corrected chi connectivity index (χ0v) is 12.4. The highest BCUT2D eigenvalue weighted by molar-refractivity contribution is 9.10. The predicted octanol–water partition coefficient (Wildman–Crippen LogP) is 4.31. The molecule has 0 aliphatic rings. The van der Waals surface area contributed by atoms with Gasteiger partial charge in [-0.15, -0.1) is 0 Å². The number of hydrogen-bond acceptors (Lipinski definition) is 3. The average Bonchev–Trinajstić information content (AvgIpc) is 2.69. The Kier molecular flexibility index (Phi) is 4.17. The van der Waals surface area contributed by atoms with Crippen LogP contribution in [0.5, 0.6) is 0 Å². The Morgan fingerprint density at radius 1 is 1.47 bits per heavy atom. The molecule has 6 heteroatoms. The van der Waals surface area contributed by atoms with Crippen molar-refractivity contribution in [2.75, 3.05) is 5.32 Å². The first kappa shape index (κ1) is 14.0. The predicted molar refractivity (Wildman–Crippen MR) is 76.9 cm³/mol. The Morgan fingerprint density at radius 3 is 2.79 bits per heavy atom. The monoisotopic (exact) mass is 343 g/mol. The molecule has 0 saturated carbocycles.